The molecular weight excluding hydrogens is 240 g/mol. The van der Waals surface area contributed by atoms with Gasteiger partial charge in [-0.15, -0.1) is 0 Å². The number of carbonyl (C=O) groups is 1. The molecule has 0 bridgehead atoms. The van der Waals surface area contributed by atoms with Crippen LogP contribution in [0.25, 0.3) is 0 Å². The van der Waals surface area contributed by atoms with E-state index < -0.39 is 0 Å². The van der Waals surface area contributed by atoms with Crippen LogP contribution in [-0.4, -0.2) is 50.2 Å². The summed E-state index contributed by atoms with van der Waals surface area (Å²) in [6.07, 6.45) is 4.58. The average molecular weight is 268 g/mol. The Morgan fingerprint density at radius 2 is 2.21 bits per heavy atom. The zero-order chi connectivity index (χ0) is 13.9. The highest BCUT2D eigenvalue weighted by Gasteiger charge is 2.40. The SMILES string of the molecule is COCC1CCCN(C(=O)C2NCCCC2(C)C)C1. The highest BCUT2D eigenvalue weighted by Crippen LogP contribution is 2.32. The second kappa shape index (κ2) is 6.23. The van der Waals surface area contributed by atoms with Crippen LogP contribution in [0.3, 0.4) is 0 Å². The minimum atomic E-state index is -0.0115. The zero-order valence-corrected chi connectivity index (χ0v) is 12.6. The van der Waals surface area contributed by atoms with Crippen molar-refractivity contribution in [3.8, 4) is 0 Å². The molecule has 0 spiro atoms. The van der Waals surface area contributed by atoms with Crippen molar-refractivity contribution in [2.75, 3.05) is 33.4 Å². The lowest BCUT2D eigenvalue weighted by atomic mass is 9.76. The predicted octanol–water partition coefficient (Wildman–Crippen LogP) is 1.65. The van der Waals surface area contributed by atoms with Crippen molar-refractivity contribution in [1.82, 2.24) is 10.2 Å². The quantitative estimate of drug-likeness (QED) is 0.846. The van der Waals surface area contributed by atoms with Gasteiger partial charge in [0, 0.05) is 20.2 Å². The molecule has 1 amide bonds. The van der Waals surface area contributed by atoms with Crippen LogP contribution in [0.2, 0.25) is 0 Å². The Balaban J connectivity index is 1.98. The Labute approximate surface area is 116 Å². The molecule has 19 heavy (non-hydrogen) atoms. The van der Waals surface area contributed by atoms with E-state index in [0.717, 1.165) is 39.1 Å². The van der Waals surface area contributed by atoms with Crippen molar-refractivity contribution in [1.29, 1.82) is 0 Å². The lowest BCUT2D eigenvalue weighted by Gasteiger charge is -2.42. The first-order chi connectivity index (χ1) is 9.04. The molecule has 0 aromatic carbocycles. The average Bonchev–Trinajstić information content (AvgIpc) is 2.38. The molecule has 0 radical (unpaired) electrons. The molecule has 0 saturated carbocycles. The molecule has 2 unspecified atom stereocenters. The number of nitrogens with zero attached hydrogens (tertiary/aromatic N) is 1. The van der Waals surface area contributed by atoms with Crippen LogP contribution in [-0.2, 0) is 9.53 Å². The van der Waals surface area contributed by atoms with Gasteiger partial charge in [-0.25, -0.2) is 0 Å². The Morgan fingerprint density at radius 3 is 2.89 bits per heavy atom. The maximum Gasteiger partial charge on any atom is 0.240 e. The van der Waals surface area contributed by atoms with Crippen molar-refractivity contribution in [3.63, 3.8) is 0 Å². The van der Waals surface area contributed by atoms with E-state index in [9.17, 15) is 4.79 Å². The molecule has 110 valence electrons. The van der Waals surface area contributed by atoms with Crippen molar-refractivity contribution in [3.05, 3.63) is 0 Å². The number of ether oxygens (including phenoxy) is 1. The summed E-state index contributed by atoms with van der Waals surface area (Å²) in [5.41, 5.74) is 0.0729. The van der Waals surface area contributed by atoms with Crippen LogP contribution < -0.4 is 5.32 Å². The van der Waals surface area contributed by atoms with Crippen LogP contribution in [0.1, 0.15) is 39.5 Å². The normalized spacial score (nSPS) is 31.2. The summed E-state index contributed by atoms with van der Waals surface area (Å²) in [4.78, 5) is 14.8. The van der Waals surface area contributed by atoms with E-state index in [-0.39, 0.29) is 11.5 Å². The summed E-state index contributed by atoms with van der Waals surface area (Å²) in [6.45, 7) is 7.92. The number of rotatable bonds is 3. The van der Waals surface area contributed by atoms with E-state index in [4.69, 9.17) is 4.74 Å². The number of carbonyl (C=O) groups excluding carboxylic acids is 1. The highest BCUT2D eigenvalue weighted by atomic mass is 16.5. The largest absolute Gasteiger partial charge is 0.384 e. The number of amides is 1. The van der Waals surface area contributed by atoms with Crippen molar-refractivity contribution in [2.45, 2.75) is 45.6 Å². The van der Waals surface area contributed by atoms with Gasteiger partial charge in [0.1, 0.15) is 0 Å². The van der Waals surface area contributed by atoms with E-state index in [1.807, 2.05) is 0 Å². The Morgan fingerprint density at radius 1 is 1.42 bits per heavy atom. The predicted molar refractivity (Wildman–Crippen MR) is 76.0 cm³/mol. The monoisotopic (exact) mass is 268 g/mol. The van der Waals surface area contributed by atoms with Gasteiger partial charge < -0.3 is 15.0 Å². The molecule has 2 rings (SSSR count). The van der Waals surface area contributed by atoms with Crippen molar-refractivity contribution < 1.29 is 9.53 Å². The molecule has 4 nitrogen and oxygen atoms in total. The second-order valence-electron chi connectivity index (χ2n) is 6.73. The third kappa shape index (κ3) is 3.48. The zero-order valence-electron chi connectivity index (χ0n) is 12.6. The first-order valence-electron chi connectivity index (χ1n) is 7.55. The summed E-state index contributed by atoms with van der Waals surface area (Å²) < 4.78 is 5.24. The topological polar surface area (TPSA) is 41.6 Å². The van der Waals surface area contributed by atoms with Crippen LogP contribution in [0, 0.1) is 11.3 Å². The maximum atomic E-state index is 12.7. The summed E-state index contributed by atoms with van der Waals surface area (Å²) in [5.74, 6) is 0.805. The molecule has 1 N–H and O–H groups in total. The number of likely N-dealkylation sites (tertiary alicyclic amines) is 1. The molecule has 2 aliphatic heterocycles. The van der Waals surface area contributed by atoms with E-state index >= 15 is 0 Å². The number of piperidine rings is 2. The smallest absolute Gasteiger partial charge is 0.240 e. The highest BCUT2D eigenvalue weighted by molar-refractivity contribution is 5.83. The fraction of sp³-hybridized carbons (Fsp3) is 0.933. The van der Waals surface area contributed by atoms with Gasteiger partial charge in [-0.1, -0.05) is 13.8 Å². The molecule has 2 aliphatic rings. The van der Waals surface area contributed by atoms with Crippen LogP contribution in [0.15, 0.2) is 0 Å². The van der Waals surface area contributed by atoms with Gasteiger partial charge in [0.05, 0.1) is 12.6 Å². The minimum absolute atomic E-state index is 0.0115. The number of methoxy groups -OCH3 is 1. The summed E-state index contributed by atoms with van der Waals surface area (Å²) in [5, 5.41) is 3.43. The first kappa shape index (κ1) is 14.8. The number of nitrogens with one attached hydrogen (secondary N) is 1. The van der Waals surface area contributed by atoms with Crippen LogP contribution in [0.4, 0.5) is 0 Å². The summed E-state index contributed by atoms with van der Waals surface area (Å²) in [6, 6.07) is -0.0115. The summed E-state index contributed by atoms with van der Waals surface area (Å²) >= 11 is 0. The van der Waals surface area contributed by atoms with Gasteiger partial charge in [0.15, 0.2) is 0 Å². The van der Waals surface area contributed by atoms with Crippen molar-refractivity contribution in [2.24, 2.45) is 11.3 Å². The van der Waals surface area contributed by atoms with Gasteiger partial charge in [0.2, 0.25) is 5.91 Å². The Hall–Kier alpha value is -0.610. The molecule has 0 aliphatic carbocycles. The fourth-order valence-corrected chi connectivity index (χ4v) is 3.45. The third-order valence-corrected chi connectivity index (χ3v) is 4.61. The lowest BCUT2D eigenvalue weighted by molar-refractivity contribution is -0.139. The standard InChI is InChI=1S/C15H28N2O2/c1-15(2)7-5-8-16-13(15)14(18)17-9-4-6-12(10-17)11-19-3/h12-13,16H,4-11H2,1-3H3. The van der Waals surface area contributed by atoms with Gasteiger partial charge in [-0.3, -0.25) is 4.79 Å². The van der Waals surface area contributed by atoms with E-state index in [0.29, 0.717) is 11.8 Å². The molecule has 2 fully saturated rings. The van der Waals surface area contributed by atoms with Gasteiger partial charge in [-0.05, 0) is 43.6 Å². The first-order valence-corrected chi connectivity index (χ1v) is 7.55. The third-order valence-electron chi connectivity index (χ3n) is 4.61. The second-order valence-corrected chi connectivity index (χ2v) is 6.73. The molecular formula is C15H28N2O2. The van der Waals surface area contributed by atoms with E-state index in [1.54, 1.807) is 7.11 Å². The molecule has 4 heteroatoms. The number of hydrogen-bond acceptors (Lipinski definition) is 3. The van der Waals surface area contributed by atoms with E-state index in [1.165, 1.54) is 12.8 Å². The fourth-order valence-electron chi connectivity index (χ4n) is 3.45. The molecule has 2 atom stereocenters. The molecule has 2 saturated heterocycles. The molecule has 0 aromatic heterocycles. The lowest BCUT2D eigenvalue weighted by Crippen LogP contribution is -2.58. The Bertz CT molecular complexity index is 315. The van der Waals surface area contributed by atoms with Gasteiger partial charge >= 0.3 is 0 Å². The Kier molecular flexibility index (Phi) is 4.85. The van der Waals surface area contributed by atoms with Crippen LogP contribution in [0.5, 0.6) is 0 Å². The summed E-state index contributed by atoms with van der Waals surface area (Å²) in [7, 11) is 1.74. The van der Waals surface area contributed by atoms with Crippen LogP contribution >= 0.6 is 0 Å². The van der Waals surface area contributed by atoms with Gasteiger partial charge in [-0.2, -0.15) is 0 Å². The van der Waals surface area contributed by atoms with Crippen molar-refractivity contribution >= 4 is 5.91 Å². The number of hydrogen-bond donors (Lipinski definition) is 1. The maximum absolute atomic E-state index is 12.7. The minimum Gasteiger partial charge on any atom is -0.384 e. The molecule has 2 heterocycles. The molecule has 0 aromatic rings. The van der Waals surface area contributed by atoms with E-state index in [2.05, 4.69) is 24.1 Å². The van der Waals surface area contributed by atoms with Gasteiger partial charge in [0.25, 0.3) is 0 Å².